The molecule has 170 valence electrons. The lowest BCUT2D eigenvalue weighted by Crippen LogP contribution is -2.50. The van der Waals surface area contributed by atoms with E-state index in [-0.39, 0.29) is 18.5 Å². The molecule has 2 atom stereocenters. The van der Waals surface area contributed by atoms with E-state index in [0.29, 0.717) is 36.8 Å². The summed E-state index contributed by atoms with van der Waals surface area (Å²) in [7, 11) is 0. The molecule has 0 radical (unpaired) electrons. The number of benzene rings is 2. The molecule has 1 aliphatic rings. The number of nitrogens with one attached hydrogen (secondary N) is 1. The summed E-state index contributed by atoms with van der Waals surface area (Å²) in [4.78, 5) is 13.6. The Labute approximate surface area is 189 Å². The Balaban J connectivity index is 0.00000341. The van der Waals surface area contributed by atoms with Crippen LogP contribution in [-0.2, 0) is 15.9 Å². The van der Waals surface area contributed by atoms with Crippen molar-refractivity contribution >= 4 is 35.8 Å². The van der Waals surface area contributed by atoms with Gasteiger partial charge < -0.3 is 9.47 Å². The van der Waals surface area contributed by atoms with Gasteiger partial charge in [-0.05, 0) is 36.2 Å². The van der Waals surface area contributed by atoms with Gasteiger partial charge in [0.25, 0.3) is 0 Å². The van der Waals surface area contributed by atoms with Crippen molar-refractivity contribution in [1.82, 2.24) is 4.90 Å². The van der Waals surface area contributed by atoms with E-state index >= 15 is 0 Å². The second-order valence-corrected chi connectivity index (χ2v) is 7.45. The molecule has 0 saturated carbocycles. The van der Waals surface area contributed by atoms with Crippen LogP contribution in [0.25, 0.3) is 0 Å². The van der Waals surface area contributed by atoms with Gasteiger partial charge in [-0.15, -0.1) is 12.4 Å². The first-order valence-electron chi connectivity index (χ1n) is 9.47. The van der Waals surface area contributed by atoms with Crippen LogP contribution in [0.15, 0.2) is 54.6 Å². The van der Waals surface area contributed by atoms with Crippen LogP contribution < -0.4 is 5.32 Å². The number of anilines is 1. The third kappa shape index (κ3) is 8.22. The topological polar surface area (TPSA) is 50.8 Å². The van der Waals surface area contributed by atoms with Crippen molar-refractivity contribution in [2.45, 2.75) is 24.8 Å². The molecule has 1 aliphatic heterocycles. The standard InChI is InChI=1S/C21H22ClF3N2O3.ClH/c22-16-6-8-17(9-7-16)26-20(28)30-19(21(23,24)25)14-27-10-11-29-18(13-27)12-15-4-2-1-3-5-15;/h1-9,18-19H,10-14H2,(H,26,28);1H/t18-,19-;/m0./s1. The summed E-state index contributed by atoms with van der Waals surface area (Å²) in [5.41, 5.74) is 1.34. The summed E-state index contributed by atoms with van der Waals surface area (Å²) in [5, 5.41) is 2.73. The van der Waals surface area contributed by atoms with Crippen molar-refractivity contribution in [3.63, 3.8) is 0 Å². The van der Waals surface area contributed by atoms with Crippen molar-refractivity contribution in [3.8, 4) is 0 Å². The number of carbonyl (C=O) groups excluding carboxylic acids is 1. The average Bonchev–Trinajstić information content (AvgIpc) is 2.70. The summed E-state index contributed by atoms with van der Waals surface area (Å²) >= 11 is 5.76. The third-order valence-corrected chi connectivity index (χ3v) is 4.91. The van der Waals surface area contributed by atoms with Gasteiger partial charge >= 0.3 is 12.3 Å². The molecule has 1 N–H and O–H groups in total. The summed E-state index contributed by atoms with van der Waals surface area (Å²) in [6.07, 6.45) is -7.73. The molecule has 0 unspecified atom stereocenters. The highest BCUT2D eigenvalue weighted by atomic mass is 35.5. The van der Waals surface area contributed by atoms with Crippen LogP contribution in [0.2, 0.25) is 5.02 Å². The maximum Gasteiger partial charge on any atom is 0.426 e. The number of morpholine rings is 1. The second-order valence-electron chi connectivity index (χ2n) is 7.01. The Kier molecular flexibility index (Phi) is 9.43. The van der Waals surface area contributed by atoms with Gasteiger partial charge in [0.05, 0.1) is 12.7 Å². The Morgan fingerprint density at radius 1 is 1.19 bits per heavy atom. The van der Waals surface area contributed by atoms with Crippen molar-refractivity contribution in [3.05, 3.63) is 65.2 Å². The van der Waals surface area contributed by atoms with Crippen LogP contribution in [0.3, 0.4) is 0 Å². The van der Waals surface area contributed by atoms with Crippen molar-refractivity contribution in [1.29, 1.82) is 0 Å². The molecular weight excluding hydrogens is 456 g/mol. The van der Waals surface area contributed by atoms with Crippen LogP contribution in [0, 0.1) is 0 Å². The molecule has 1 heterocycles. The highest BCUT2D eigenvalue weighted by molar-refractivity contribution is 6.30. The summed E-state index contributed by atoms with van der Waals surface area (Å²) in [5.74, 6) is 0. The van der Waals surface area contributed by atoms with E-state index in [0.717, 1.165) is 5.56 Å². The zero-order valence-corrected chi connectivity index (χ0v) is 18.1. The van der Waals surface area contributed by atoms with E-state index in [9.17, 15) is 18.0 Å². The summed E-state index contributed by atoms with van der Waals surface area (Å²) < 4.78 is 50.9. The maximum atomic E-state index is 13.5. The number of rotatable bonds is 6. The zero-order chi connectivity index (χ0) is 21.6. The van der Waals surface area contributed by atoms with Crippen LogP contribution in [0.4, 0.5) is 23.7 Å². The molecule has 0 aromatic heterocycles. The van der Waals surface area contributed by atoms with E-state index in [2.05, 4.69) is 5.32 Å². The Morgan fingerprint density at radius 2 is 1.87 bits per heavy atom. The minimum absolute atomic E-state index is 0. The highest BCUT2D eigenvalue weighted by Crippen LogP contribution is 2.25. The number of halogens is 5. The average molecular weight is 479 g/mol. The van der Waals surface area contributed by atoms with Gasteiger partial charge in [0.2, 0.25) is 6.10 Å². The number of hydrogen-bond acceptors (Lipinski definition) is 4. The molecule has 5 nitrogen and oxygen atoms in total. The van der Waals surface area contributed by atoms with Gasteiger partial charge in [-0.2, -0.15) is 13.2 Å². The van der Waals surface area contributed by atoms with Gasteiger partial charge in [0.1, 0.15) is 0 Å². The van der Waals surface area contributed by atoms with E-state index in [1.54, 1.807) is 4.90 Å². The third-order valence-electron chi connectivity index (χ3n) is 4.66. The molecular formula is C21H23Cl2F3N2O3. The number of nitrogens with zero attached hydrogens (tertiary/aromatic N) is 1. The van der Waals surface area contributed by atoms with Crippen molar-refractivity contribution in [2.24, 2.45) is 0 Å². The lowest BCUT2D eigenvalue weighted by atomic mass is 10.1. The fraction of sp³-hybridized carbons (Fsp3) is 0.381. The molecule has 2 aromatic rings. The summed E-state index contributed by atoms with van der Waals surface area (Å²) in [6.45, 7) is 0.523. The van der Waals surface area contributed by atoms with Crippen LogP contribution in [-0.4, -0.2) is 55.6 Å². The first-order valence-corrected chi connectivity index (χ1v) is 9.85. The predicted molar refractivity (Wildman–Crippen MR) is 115 cm³/mol. The molecule has 1 saturated heterocycles. The maximum absolute atomic E-state index is 13.5. The number of amides is 1. The number of hydrogen-bond donors (Lipinski definition) is 1. The Bertz CT molecular complexity index is 823. The van der Waals surface area contributed by atoms with E-state index in [1.807, 2.05) is 30.3 Å². The minimum Gasteiger partial charge on any atom is -0.435 e. The fourth-order valence-corrected chi connectivity index (χ4v) is 3.32. The number of carbonyl (C=O) groups is 1. The second kappa shape index (κ2) is 11.6. The molecule has 3 rings (SSSR count). The normalized spacial score (nSPS) is 18.0. The van der Waals surface area contributed by atoms with Gasteiger partial charge in [-0.3, -0.25) is 10.2 Å². The van der Waals surface area contributed by atoms with Crippen molar-refractivity contribution in [2.75, 3.05) is 31.6 Å². The lowest BCUT2D eigenvalue weighted by molar-refractivity contribution is -0.209. The molecule has 1 fully saturated rings. The monoisotopic (exact) mass is 478 g/mol. The largest absolute Gasteiger partial charge is 0.435 e. The molecule has 10 heteroatoms. The first-order chi connectivity index (χ1) is 14.3. The Hall–Kier alpha value is -2.00. The molecule has 1 amide bonds. The van der Waals surface area contributed by atoms with Gasteiger partial charge in [0, 0.05) is 30.3 Å². The number of alkyl halides is 3. The van der Waals surface area contributed by atoms with Crippen LogP contribution in [0.1, 0.15) is 5.56 Å². The summed E-state index contributed by atoms with van der Waals surface area (Å²) in [6, 6.07) is 15.6. The van der Waals surface area contributed by atoms with Crippen LogP contribution in [0.5, 0.6) is 0 Å². The van der Waals surface area contributed by atoms with Crippen molar-refractivity contribution < 1.29 is 27.4 Å². The SMILES string of the molecule is Cl.O=C(Nc1ccc(Cl)cc1)O[C@@H](CN1CCO[C@@H](Cc2ccccc2)C1)C(F)(F)F. The van der Waals surface area contributed by atoms with Gasteiger partial charge in [0.15, 0.2) is 0 Å². The first kappa shape index (κ1) is 25.3. The predicted octanol–water partition coefficient (Wildman–Crippen LogP) is 5.18. The molecule has 31 heavy (non-hydrogen) atoms. The van der Waals surface area contributed by atoms with Gasteiger partial charge in [-0.1, -0.05) is 41.9 Å². The van der Waals surface area contributed by atoms with Gasteiger partial charge in [-0.25, -0.2) is 4.79 Å². The van der Waals surface area contributed by atoms with E-state index in [1.165, 1.54) is 24.3 Å². The van der Waals surface area contributed by atoms with E-state index < -0.39 is 24.9 Å². The molecule has 0 bridgehead atoms. The zero-order valence-electron chi connectivity index (χ0n) is 16.5. The molecule has 0 spiro atoms. The van der Waals surface area contributed by atoms with Crippen LogP contribution >= 0.6 is 24.0 Å². The smallest absolute Gasteiger partial charge is 0.426 e. The quantitative estimate of drug-likeness (QED) is 0.620. The van der Waals surface area contributed by atoms with E-state index in [4.69, 9.17) is 21.1 Å². The number of ether oxygens (including phenoxy) is 2. The minimum atomic E-state index is -4.69. The fourth-order valence-electron chi connectivity index (χ4n) is 3.20. The molecule has 2 aromatic carbocycles. The lowest BCUT2D eigenvalue weighted by Gasteiger charge is -2.35. The highest BCUT2D eigenvalue weighted by Gasteiger charge is 2.44. The Morgan fingerprint density at radius 3 is 2.52 bits per heavy atom. The molecule has 0 aliphatic carbocycles.